The molecule has 4 nitrogen and oxygen atoms in total. The number of rotatable bonds is 5. The van der Waals surface area contributed by atoms with Crippen LogP contribution in [-0.4, -0.2) is 25.0 Å². The number of hydrogen-bond acceptors (Lipinski definition) is 3. The fourth-order valence-corrected chi connectivity index (χ4v) is 1.64. The molecule has 1 aliphatic rings. The number of carbonyl (C=O) groups is 1. The predicted octanol–water partition coefficient (Wildman–Crippen LogP) is -0.811. The van der Waals surface area contributed by atoms with Crippen molar-refractivity contribution >= 4 is 5.91 Å². The first-order valence-electron chi connectivity index (χ1n) is 4.44. The van der Waals surface area contributed by atoms with Gasteiger partial charge in [-0.05, 0) is 18.8 Å². The summed E-state index contributed by atoms with van der Waals surface area (Å²) in [7, 11) is 0. The van der Waals surface area contributed by atoms with Crippen LogP contribution >= 0.6 is 0 Å². The first-order chi connectivity index (χ1) is 5.72. The third-order valence-electron chi connectivity index (χ3n) is 2.30. The number of carbonyl (C=O) groups excluding carboxylic acids is 1. The van der Waals surface area contributed by atoms with Crippen LogP contribution in [0.15, 0.2) is 0 Å². The summed E-state index contributed by atoms with van der Waals surface area (Å²) in [5.41, 5.74) is 10.4. The van der Waals surface area contributed by atoms with Crippen LogP contribution in [0.5, 0.6) is 0 Å². The monoisotopic (exact) mass is 171 g/mol. The number of amides is 1. The lowest BCUT2D eigenvalue weighted by Crippen LogP contribution is -2.44. The van der Waals surface area contributed by atoms with E-state index in [0.29, 0.717) is 24.9 Å². The van der Waals surface area contributed by atoms with E-state index in [1.165, 1.54) is 0 Å². The molecule has 0 unspecified atom stereocenters. The van der Waals surface area contributed by atoms with E-state index in [1.807, 2.05) is 0 Å². The molecule has 0 saturated heterocycles. The smallest absolute Gasteiger partial charge is 0.217 e. The second kappa shape index (κ2) is 4.42. The van der Waals surface area contributed by atoms with Gasteiger partial charge in [0.1, 0.15) is 0 Å². The Bertz CT molecular complexity index is 154. The van der Waals surface area contributed by atoms with Crippen molar-refractivity contribution in [2.45, 2.75) is 25.3 Å². The van der Waals surface area contributed by atoms with Gasteiger partial charge < -0.3 is 16.8 Å². The largest absolute Gasteiger partial charge is 0.370 e. The molecule has 1 amide bonds. The zero-order valence-corrected chi connectivity index (χ0v) is 7.25. The molecular formula is C8H17N3O. The Morgan fingerprint density at radius 3 is 2.67 bits per heavy atom. The first kappa shape index (κ1) is 9.48. The van der Waals surface area contributed by atoms with Gasteiger partial charge in [-0.2, -0.15) is 0 Å². The average molecular weight is 171 g/mol. The highest BCUT2D eigenvalue weighted by atomic mass is 16.1. The van der Waals surface area contributed by atoms with Gasteiger partial charge in [0.15, 0.2) is 0 Å². The van der Waals surface area contributed by atoms with E-state index >= 15 is 0 Å². The van der Waals surface area contributed by atoms with Gasteiger partial charge in [0.2, 0.25) is 5.91 Å². The minimum Gasteiger partial charge on any atom is -0.370 e. The van der Waals surface area contributed by atoms with Crippen LogP contribution in [0.3, 0.4) is 0 Å². The molecule has 0 aromatic heterocycles. The fraction of sp³-hybridized carbons (Fsp3) is 0.875. The summed E-state index contributed by atoms with van der Waals surface area (Å²) in [6.07, 6.45) is 2.69. The van der Waals surface area contributed by atoms with Gasteiger partial charge >= 0.3 is 0 Å². The molecule has 12 heavy (non-hydrogen) atoms. The summed E-state index contributed by atoms with van der Waals surface area (Å²) in [5.74, 6) is 0.329. The van der Waals surface area contributed by atoms with Crippen LogP contribution < -0.4 is 16.8 Å². The van der Waals surface area contributed by atoms with Crippen LogP contribution in [0, 0.1) is 5.92 Å². The van der Waals surface area contributed by atoms with Crippen molar-refractivity contribution in [1.82, 2.24) is 5.32 Å². The summed E-state index contributed by atoms with van der Waals surface area (Å²) in [6.45, 7) is 1.55. The van der Waals surface area contributed by atoms with E-state index in [2.05, 4.69) is 5.32 Å². The molecule has 1 rings (SSSR count). The standard InChI is InChI=1S/C8H17N3O/c9-1-2-11-7-3-6(4-7)5-8(10)12/h6-7,11H,1-5,9H2,(H2,10,12). The van der Waals surface area contributed by atoms with Gasteiger partial charge in [0.05, 0.1) is 0 Å². The zero-order valence-electron chi connectivity index (χ0n) is 7.25. The Balaban J connectivity index is 2.00. The Morgan fingerprint density at radius 1 is 1.50 bits per heavy atom. The number of hydrogen-bond donors (Lipinski definition) is 3. The Kier molecular flexibility index (Phi) is 3.49. The summed E-state index contributed by atoms with van der Waals surface area (Å²) >= 11 is 0. The molecule has 0 bridgehead atoms. The highest BCUT2D eigenvalue weighted by Gasteiger charge is 2.29. The highest BCUT2D eigenvalue weighted by molar-refractivity contribution is 5.74. The predicted molar refractivity (Wildman–Crippen MR) is 47.4 cm³/mol. The maximum atomic E-state index is 10.5. The minimum absolute atomic E-state index is 0.183. The highest BCUT2D eigenvalue weighted by Crippen LogP contribution is 2.29. The molecule has 0 aromatic carbocycles. The van der Waals surface area contributed by atoms with Crippen LogP contribution in [0.25, 0.3) is 0 Å². The van der Waals surface area contributed by atoms with E-state index in [9.17, 15) is 4.79 Å². The van der Waals surface area contributed by atoms with Crippen molar-refractivity contribution in [2.75, 3.05) is 13.1 Å². The van der Waals surface area contributed by atoms with Gasteiger partial charge in [-0.3, -0.25) is 4.79 Å². The van der Waals surface area contributed by atoms with Crippen molar-refractivity contribution in [3.8, 4) is 0 Å². The van der Waals surface area contributed by atoms with E-state index in [-0.39, 0.29) is 5.91 Å². The molecule has 1 aliphatic carbocycles. The third kappa shape index (κ3) is 2.79. The Morgan fingerprint density at radius 2 is 2.17 bits per heavy atom. The van der Waals surface area contributed by atoms with Gasteiger partial charge in [-0.1, -0.05) is 0 Å². The second-order valence-electron chi connectivity index (χ2n) is 3.45. The Hall–Kier alpha value is -0.610. The normalized spacial score (nSPS) is 28.1. The second-order valence-corrected chi connectivity index (χ2v) is 3.45. The van der Waals surface area contributed by atoms with Crippen molar-refractivity contribution in [3.05, 3.63) is 0 Å². The van der Waals surface area contributed by atoms with Gasteiger partial charge in [-0.25, -0.2) is 0 Å². The van der Waals surface area contributed by atoms with Crippen molar-refractivity contribution in [2.24, 2.45) is 17.4 Å². The summed E-state index contributed by atoms with van der Waals surface area (Å²) in [4.78, 5) is 10.5. The number of nitrogens with one attached hydrogen (secondary N) is 1. The maximum Gasteiger partial charge on any atom is 0.217 e. The molecule has 1 saturated carbocycles. The summed E-state index contributed by atoms with van der Waals surface area (Å²) < 4.78 is 0. The molecule has 0 spiro atoms. The van der Waals surface area contributed by atoms with Crippen molar-refractivity contribution < 1.29 is 4.79 Å². The molecule has 0 radical (unpaired) electrons. The molecule has 4 heteroatoms. The third-order valence-corrected chi connectivity index (χ3v) is 2.30. The minimum atomic E-state index is -0.183. The SMILES string of the molecule is NCCNC1CC(CC(N)=O)C1. The molecular weight excluding hydrogens is 154 g/mol. The van der Waals surface area contributed by atoms with Gasteiger partial charge in [0, 0.05) is 25.6 Å². The number of primary amides is 1. The van der Waals surface area contributed by atoms with Gasteiger partial charge in [-0.15, -0.1) is 0 Å². The molecule has 0 aliphatic heterocycles. The first-order valence-corrected chi connectivity index (χ1v) is 4.44. The topological polar surface area (TPSA) is 81.1 Å². The summed E-state index contributed by atoms with van der Waals surface area (Å²) in [5, 5.41) is 3.29. The van der Waals surface area contributed by atoms with E-state index < -0.39 is 0 Å². The van der Waals surface area contributed by atoms with Crippen molar-refractivity contribution in [1.29, 1.82) is 0 Å². The van der Waals surface area contributed by atoms with E-state index in [4.69, 9.17) is 11.5 Å². The number of nitrogens with two attached hydrogens (primary N) is 2. The lowest BCUT2D eigenvalue weighted by Gasteiger charge is -2.35. The lowest BCUT2D eigenvalue weighted by molar-refractivity contribution is -0.119. The zero-order chi connectivity index (χ0) is 8.97. The average Bonchev–Trinajstić information content (AvgIpc) is 1.93. The molecule has 0 heterocycles. The molecule has 0 aromatic rings. The lowest BCUT2D eigenvalue weighted by atomic mass is 9.78. The van der Waals surface area contributed by atoms with Crippen molar-refractivity contribution in [3.63, 3.8) is 0 Å². The summed E-state index contributed by atoms with van der Waals surface area (Å²) in [6, 6.07) is 0.567. The Labute approximate surface area is 72.7 Å². The van der Waals surface area contributed by atoms with E-state index in [1.54, 1.807) is 0 Å². The quantitative estimate of drug-likeness (QED) is 0.506. The van der Waals surface area contributed by atoms with Crippen LogP contribution in [0.2, 0.25) is 0 Å². The van der Waals surface area contributed by atoms with Crippen LogP contribution in [0.1, 0.15) is 19.3 Å². The molecule has 1 fully saturated rings. The maximum absolute atomic E-state index is 10.5. The molecule has 5 N–H and O–H groups in total. The van der Waals surface area contributed by atoms with E-state index in [0.717, 1.165) is 19.4 Å². The molecule has 0 atom stereocenters. The van der Waals surface area contributed by atoms with Crippen LogP contribution in [-0.2, 0) is 4.79 Å². The van der Waals surface area contributed by atoms with Gasteiger partial charge in [0.25, 0.3) is 0 Å². The fourth-order valence-electron chi connectivity index (χ4n) is 1.64. The molecule has 70 valence electrons. The van der Waals surface area contributed by atoms with Crippen LogP contribution in [0.4, 0.5) is 0 Å².